The Kier molecular flexibility index (Phi) is 6.46. The molecule has 0 aromatic rings. The van der Waals surface area contributed by atoms with Crippen molar-refractivity contribution in [2.45, 2.75) is 72.4 Å². The van der Waals surface area contributed by atoms with E-state index in [-0.39, 0.29) is 12.1 Å². The summed E-state index contributed by atoms with van der Waals surface area (Å²) in [6.45, 7) is 12.1. The molecular weight excluding hydrogens is 202 g/mol. The summed E-state index contributed by atoms with van der Waals surface area (Å²) in [5, 5.41) is 2.96. The minimum atomic E-state index is -0.420. The van der Waals surface area contributed by atoms with Gasteiger partial charge in [-0.1, -0.05) is 33.6 Å². The quantitative estimate of drug-likeness (QED) is 0.780. The summed E-state index contributed by atoms with van der Waals surface area (Å²) >= 11 is 0. The fourth-order valence-corrected chi connectivity index (χ4v) is 1.55. The number of alkyl carbamates (subject to hydrolysis) is 1. The minimum Gasteiger partial charge on any atom is -0.444 e. The van der Waals surface area contributed by atoms with Crippen LogP contribution in [0.15, 0.2) is 0 Å². The molecule has 0 aromatic heterocycles. The molecule has 0 saturated carbocycles. The van der Waals surface area contributed by atoms with E-state index in [1.807, 2.05) is 20.8 Å². The zero-order chi connectivity index (χ0) is 12.8. The number of carbonyl (C=O) groups is 1. The predicted octanol–water partition coefficient (Wildman–Crippen LogP) is 3.73. The first kappa shape index (κ1) is 15.3. The average Bonchev–Trinajstić information content (AvgIpc) is 2.13. The van der Waals surface area contributed by atoms with Crippen molar-refractivity contribution in [1.29, 1.82) is 0 Å². The smallest absolute Gasteiger partial charge is 0.407 e. The number of nitrogens with one attached hydrogen (secondary N) is 1. The van der Waals surface area contributed by atoms with E-state index in [9.17, 15) is 4.79 Å². The minimum absolute atomic E-state index is 0.227. The van der Waals surface area contributed by atoms with Crippen LogP contribution in [0.5, 0.6) is 0 Å². The second kappa shape index (κ2) is 6.77. The van der Waals surface area contributed by atoms with E-state index < -0.39 is 5.60 Å². The van der Waals surface area contributed by atoms with Crippen LogP contribution in [0, 0.1) is 5.92 Å². The molecule has 0 bridgehead atoms. The highest BCUT2D eigenvalue weighted by atomic mass is 16.6. The zero-order valence-corrected chi connectivity index (χ0v) is 11.6. The average molecular weight is 229 g/mol. The van der Waals surface area contributed by atoms with Crippen molar-refractivity contribution in [2.24, 2.45) is 5.92 Å². The van der Waals surface area contributed by atoms with Crippen LogP contribution >= 0.6 is 0 Å². The zero-order valence-electron chi connectivity index (χ0n) is 11.6. The van der Waals surface area contributed by atoms with Gasteiger partial charge in [-0.15, -0.1) is 0 Å². The van der Waals surface area contributed by atoms with Gasteiger partial charge in [0, 0.05) is 6.04 Å². The van der Waals surface area contributed by atoms with Crippen LogP contribution in [0.1, 0.15) is 60.8 Å². The molecule has 0 rings (SSSR count). The number of carbonyl (C=O) groups excluding carboxylic acids is 1. The Bertz CT molecular complexity index is 208. The Morgan fingerprint density at radius 1 is 1.31 bits per heavy atom. The molecule has 0 saturated heterocycles. The second-order valence-corrected chi connectivity index (χ2v) is 5.43. The van der Waals surface area contributed by atoms with E-state index in [0.29, 0.717) is 5.92 Å². The SMILES string of the molecule is CCCC(NC(=O)OC(C)(C)C)C(C)CC. The van der Waals surface area contributed by atoms with Crippen molar-refractivity contribution in [1.82, 2.24) is 5.32 Å². The van der Waals surface area contributed by atoms with E-state index >= 15 is 0 Å². The summed E-state index contributed by atoms with van der Waals surface area (Å²) in [5.74, 6) is 0.493. The van der Waals surface area contributed by atoms with E-state index in [2.05, 4.69) is 26.1 Å². The van der Waals surface area contributed by atoms with Gasteiger partial charge >= 0.3 is 6.09 Å². The first-order valence-corrected chi connectivity index (χ1v) is 6.29. The molecule has 0 radical (unpaired) electrons. The van der Waals surface area contributed by atoms with Crippen LogP contribution in [0.25, 0.3) is 0 Å². The molecule has 1 N–H and O–H groups in total. The lowest BCUT2D eigenvalue weighted by molar-refractivity contribution is 0.0484. The van der Waals surface area contributed by atoms with Crippen molar-refractivity contribution >= 4 is 6.09 Å². The van der Waals surface area contributed by atoms with Gasteiger partial charge in [0.25, 0.3) is 0 Å². The van der Waals surface area contributed by atoms with Crippen LogP contribution in [0.3, 0.4) is 0 Å². The third kappa shape index (κ3) is 6.70. The highest BCUT2D eigenvalue weighted by molar-refractivity contribution is 5.68. The van der Waals surface area contributed by atoms with Gasteiger partial charge in [0.05, 0.1) is 0 Å². The Labute approximate surface area is 99.9 Å². The molecule has 0 aromatic carbocycles. The Morgan fingerprint density at radius 2 is 1.88 bits per heavy atom. The number of amides is 1. The molecule has 0 spiro atoms. The molecule has 3 nitrogen and oxygen atoms in total. The second-order valence-electron chi connectivity index (χ2n) is 5.43. The lowest BCUT2D eigenvalue weighted by Crippen LogP contribution is -2.42. The van der Waals surface area contributed by atoms with E-state index in [0.717, 1.165) is 19.3 Å². The fraction of sp³-hybridized carbons (Fsp3) is 0.923. The predicted molar refractivity (Wildman–Crippen MR) is 67.5 cm³/mol. The van der Waals surface area contributed by atoms with Crippen LogP contribution in [0.4, 0.5) is 4.79 Å². The van der Waals surface area contributed by atoms with Gasteiger partial charge in [0.2, 0.25) is 0 Å². The monoisotopic (exact) mass is 229 g/mol. The van der Waals surface area contributed by atoms with E-state index in [1.165, 1.54) is 0 Å². The molecule has 16 heavy (non-hydrogen) atoms. The summed E-state index contributed by atoms with van der Waals surface area (Å²) in [4.78, 5) is 11.6. The molecule has 0 aliphatic rings. The maximum absolute atomic E-state index is 11.6. The molecule has 0 aliphatic carbocycles. The first-order chi connectivity index (χ1) is 7.30. The van der Waals surface area contributed by atoms with Crippen LogP contribution in [0.2, 0.25) is 0 Å². The summed E-state index contributed by atoms with van der Waals surface area (Å²) in [5.41, 5.74) is -0.420. The van der Waals surface area contributed by atoms with Gasteiger partial charge in [0.15, 0.2) is 0 Å². The molecule has 0 heterocycles. The molecule has 2 unspecified atom stereocenters. The normalized spacial score (nSPS) is 15.4. The standard InChI is InChI=1S/C13H27NO2/c1-7-9-11(10(3)8-2)14-12(15)16-13(4,5)6/h10-11H,7-9H2,1-6H3,(H,14,15). The summed E-state index contributed by atoms with van der Waals surface area (Å²) in [7, 11) is 0. The summed E-state index contributed by atoms with van der Waals surface area (Å²) < 4.78 is 5.26. The number of rotatable bonds is 5. The van der Waals surface area contributed by atoms with Gasteiger partial charge < -0.3 is 10.1 Å². The van der Waals surface area contributed by atoms with Crippen molar-refractivity contribution in [2.75, 3.05) is 0 Å². The molecule has 3 heteroatoms. The third-order valence-electron chi connectivity index (χ3n) is 2.63. The maximum atomic E-state index is 11.6. The van der Waals surface area contributed by atoms with Crippen LogP contribution < -0.4 is 5.32 Å². The topological polar surface area (TPSA) is 38.3 Å². The van der Waals surface area contributed by atoms with Crippen molar-refractivity contribution in [3.8, 4) is 0 Å². The van der Waals surface area contributed by atoms with Gasteiger partial charge in [-0.25, -0.2) is 4.79 Å². The van der Waals surface area contributed by atoms with Gasteiger partial charge in [-0.2, -0.15) is 0 Å². The lowest BCUT2D eigenvalue weighted by atomic mass is 9.95. The lowest BCUT2D eigenvalue weighted by Gasteiger charge is -2.26. The van der Waals surface area contributed by atoms with Gasteiger partial charge in [-0.3, -0.25) is 0 Å². The summed E-state index contributed by atoms with van der Waals surface area (Å²) in [6, 6.07) is 0.227. The summed E-state index contributed by atoms with van der Waals surface area (Å²) in [6.07, 6.45) is 2.85. The van der Waals surface area contributed by atoms with Crippen molar-refractivity contribution in [3.63, 3.8) is 0 Å². The van der Waals surface area contributed by atoms with Crippen LogP contribution in [-0.2, 0) is 4.74 Å². The number of ether oxygens (including phenoxy) is 1. The molecule has 1 amide bonds. The Morgan fingerprint density at radius 3 is 2.25 bits per heavy atom. The Hall–Kier alpha value is -0.730. The molecular formula is C13H27NO2. The Balaban J connectivity index is 4.23. The largest absolute Gasteiger partial charge is 0.444 e. The maximum Gasteiger partial charge on any atom is 0.407 e. The highest BCUT2D eigenvalue weighted by Crippen LogP contribution is 2.14. The van der Waals surface area contributed by atoms with E-state index in [1.54, 1.807) is 0 Å². The number of hydrogen-bond acceptors (Lipinski definition) is 2. The van der Waals surface area contributed by atoms with Crippen molar-refractivity contribution < 1.29 is 9.53 Å². The van der Waals surface area contributed by atoms with Crippen molar-refractivity contribution in [3.05, 3.63) is 0 Å². The molecule has 2 atom stereocenters. The van der Waals surface area contributed by atoms with Crippen LogP contribution in [-0.4, -0.2) is 17.7 Å². The molecule has 0 aliphatic heterocycles. The fourth-order valence-electron chi connectivity index (χ4n) is 1.55. The number of hydrogen-bond donors (Lipinski definition) is 1. The van der Waals surface area contributed by atoms with Gasteiger partial charge in [-0.05, 0) is 33.1 Å². The molecule has 96 valence electrons. The third-order valence-corrected chi connectivity index (χ3v) is 2.63. The van der Waals surface area contributed by atoms with Gasteiger partial charge in [0.1, 0.15) is 5.60 Å². The highest BCUT2D eigenvalue weighted by Gasteiger charge is 2.21. The first-order valence-electron chi connectivity index (χ1n) is 6.29. The molecule has 0 fully saturated rings. The van der Waals surface area contributed by atoms with E-state index in [4.69, 9.17) is 4.74 Å².